The first-order valence-electron chi connectivity index (χ1n) is 9.25. The van der Waals surface area contributed by atoms with E-state index in [9.17, 15) is 14.7 Å². The Morgan fingerprint density at radius 3 is 2.13 bits per heavy atom. The minimum absolute atomic E-state index is 0.0839. The second kappa shape index (κ2) is 8.38. The molecule has 0 saturated heterocycles. The van der Waals surface area contributed by atoms with E-state index in [0.29, 0.717) is 5.02 Å². The summed E-state index contributed by atoms with van der Waals surface area (Å²) in [5.74, 6) is -1.38. The van der Waals surface area contributed by atoms with Gasteiger partial charge in [0.25, 0.3) is 0 Å². The molecule has 3 aromatic carbocycles. The highest BCUT2D eigenvalue weighted by Crippen LogP contribution is 2.44. The van der Waals surface area contributed by atoms with Crippen LogP contribution < -0.4 is 5.32 Å². The van der Waals surface area contributed by atoms with Crippen LogP contribution in [0.4, 0.5) is 4.79 Å². The fraction of sp³-hybridized carbons (Fsp3) is 0.130. The van der Waals surface area contributed by atoms with Gasteiger partial charge >= 0.3 is 12.1 Å². The van der Waals surface area contributed by atoms with Crippen LogP contribution in [0.3, 0.4) is 0 Å². The first kappa shape index (κ1) is 20.3. The maximum atomic E-state index is 12.4. The lowest BCUT2D eigenvalue weighted by molar-refractivity contribution is -0.139. The van der Waals surface area contributed by atoms with Crippen molar-refractivity contribution in [2.75, 3.05) is 6.61 Å². The van der Waals surface area contributed by atoms with Crippen LogP contribution in [0.15, 0.2) is 66.7 Å². The highest BCUT2D eigenvalue weighted by Gasteiger charge is 2.30. The van der Waals surface area contributed by atoms with E-state index in [0.717, 1.165) is 22.3 Å². The summed E-state index contributed by atoms with van der Waals surface area (Å²) in [6.07, 6.45) is -0.838. The lowest BCUT2D eigenvalue weighted by Crippen LogP contribution is -2.35. The number of carboxylic acid groups (broad SMARTS) is 1. The molecule has 0 heterocycles. The zero-order valence-electron chi connectivity index (χ0n) is 15.6. The van der Waals surface area contributed by atoms with Crippen LogP contribution in [0.5, 0.6) is 0 Å². The number of carboxylic acids is 1. The number of halogens is 2. The van der Waals surface area contributed by atoms with Gasteiger partial charge in [-0.3, -0.25) is 0 Å². The van der Waals surface area contributed by atoms with Crippen molar-refractivity contribution < 1.29 is 19.4 Å². The minimum atomic E-state index is -1.36. The fourth-order valence-electron chi connectivity index (χ4n) is 3.77. The highest BCUT2D eigenvalue weighted by molar-refractivity contribution is 6.35. The number of alkyl carbamates (subject to hydrolysis) is 1. The van der Waals surface area contributed by atoms with Gasteiger partial charge in [-0.25, -0.2) is 9.59 Å². The number of benzene rings is 3. The fourth-order valence-corrected chi connectivity index (χ4v) is 4.28. The first-order chi connectivity index (χ1) is 14.5. The summed E-state index contributed by atoms with van der Waals surface area (Å²) < 4.78 is 5.42. The molecule has 2 N–H and O–H groups in total. The third kappa shape index (κ3) is 3.86. The molecule has 1 atom stereocenters. The van der Waals surface area contributed by atoms with Crippen molar-refractivity contribution in [2.45, 2.75) is 12.0 Å². The van der Waals surface area contributed by atoms with Crippen LogP contribution in [-0.4, -0.2) is 23.8 Å². The van der Waals surface area contributed by atoms with Crippen LogP contribution >= 0.6 is 23.2 Å². The number of amides is 1. The van der Waals surface area contributed by atoms with Gasteiger partial charge in [0.15, 0.2) is 6.04 Å². The average molecular weight is 442 g/mol. The molecule has 0 radical (unpaired) electrons. The van der Waals surface area contributed by atoms with Crippen LogP contribution in [0.2, 0.25) is 10.0 Å². The van der Waals surface area contributed by atoms with E-state index in [4.69, 9.17) is 27.9 Å². The predicted molar refractivity (Wildman–Crippen MR) is 115 cm³/mol. The third-order valence-corrected chi connectivity index (χ3v) is 5.69. The molecule has 3 aromatic rings. The number of rotatable bonds is 5. The second-order valence-corrected chi connectivity index (χ2v) is 7.75. The Kier molecular flexibility index (Phi) is 5.66. The van der Waals surface area contributed by atoms with Gasteiger partial charge in [0, 0.05) is 21.5 Å². The zero-order chi connectivity index (χ0) is 21.3. The topological polar surface area (TPSA) is 75.6 Å². The number of fused-ring (bicyclic) bond motifs is 3. The van der Waals surface area contributed by atoms with Crippen molar-refractivity contribution in [3.05, 3.63) is 93.5 Å². The van der Waals surface area contributed by atoms with Crippen molar-refractivity contribution in [1.82, 2.24) is 5.32 Å². The van der Waals surface area contributed by atoms with E-state index in [1.807, 2.05) is 48.5 Å². The smallest absolute Gasteiger partial charge is 0.408 e. The highest BCUT2D eigenvalue weighted by atomic mass is 35.5. The number of carbonyl (C=O) groups is 2. The van der Waals surface area contributed by atoms with E-state index in [1.54, 1.807) is 0 Å². The lowest BCUT2D eigenvalue weighted by Gasteiger charge is -2.18. The Labute approximate surface area is 183 Å². The largest absolute Gasteiger partial charge is 0.479 e. The number of nitrogens with one attached hydrogen (secondary N) is 1. The Balaban J connectivity index is 1.50. The molecule has 1 unspecified atom stereocenters. The third-order valence-electron chi connectivity index (χ3n) is 5.13. The van der Waals surface area contributed by atoms with Gasteiger partial charge in [0.2, 0.25) is 0 Å². The maximum Gasteiger partial charge on any atom is 0.408 e. The Morgan fingerprint density at radius 1 is 0.967 bits per heavy atom. The van der Waals surface area contributed by atoms with Gasteiger partial charge in [-0.05, 0) is 34.4 Å². The number of hydrogen-bond acceptors (Lipinski definition) is 3. The number of ether oxygens (including phenoxy) is 1. The van der Waals surface area contributed by atoms with E-state index in [2.05, 4.69) is 5.32 Å². The molecule has 0 aromatic heterocycles. The molecule has 5 nitrogen and oxygen atoms in total. The quantitative estimate of drug-likeness (QED) is 0.535. The van der Waals surface area contributed by atoms with E-state index < -0.39 is 18.1 Å². The number of carbonyl (C=O) groups excluding carboxylic acids is 1. The molecular formula is C23H17Cl2NO4. The van der Waals surface area contributed by atoms with Crippen molar-refractivity contribution in [3.8, 4) is 11.1 Å². The molecule has 1 aliphatic rings. The van der Waals surface area contributed by atoms with Gasteiger partial charge in [0.1, 0.15) is 6.61 Å². The van der Waals surface area contributed by atoms with Gasteiger partial charge in [0.05, 0.1) is 0 Å². The second-order valence-electron chi connectivity index (χ2n) is 6.91. The Bertz CT molecular complexity index is 1090. The summed E-state index contributed by atoms with van der Waals surface area (Å²) in [5, 5.41) is 12.4. The van der Waals surface area contributed by atoms with E-state index in [-0.39, 0.29) is 23.1 Å². The monoisotopic (exact) mass is 441 g/mol. The van der Waals surface area contributed by atoms with Gasteiger partial charge in [-0.1, -0.05) is 77.8 Å². The van der Waals surface area contributed by atoms with E-state index >= 15 is 0 Å². The normalized spacial score (nSPS) is 13.3. The summed E-state index contributed by atoms with van der Waals surface area (Å²) in [4.78, 5) is 24.1. The van der Waals surface area contributed by atoms with Crippen molar-refractivity contribution in [1.29, 1.82) is 0 Å². The summed E-state index contributed by atoms with van der Waals surface area (Å²) in [6, 6.07) is 19.0. The molecule has 1 amide bonds. The molecule has 7 heteroatoms. The van der Waals surface area contributed by atoms with Gasteiger partial charge < -0.3 is 15.2 Å². The van der Waals surface area contributed by atoms with Crippen LogP contribution in [-0.2, 0) is 9.53 Å². The minimum Gasteiger partial charge on any atom is -0.479 e. The number of hydrogen-bond donors (Lipinski definition) is 2. The van der Waals surface area contributed by atoms with Gasteiger partial charge in [-0.15, -0.1) is 0 Å². The van der Waals surface area contributed by atoms with Crippen LogP contribution in [0.1, 0.15) is 28.7 Å². The maximum absolute atomic E-state index is 12.4. The van der Waals surface area contributed by atoms with Crippen molar-refractivity contribution >= 4 is 35.3 Å². The molecule has 0 spiro atoms. The average Bonchev–Trinajstić information content (AvgIpc) is 3.05. The molecule has 30 heavy (non-hydrogen) atoms. The SMILES string of the molecule is O=C(NC(C(=O)O)c1ccc(Cl)cc1Cl)OCC1c2ccccc2-c2ccccc21. The van der Waals surface area contributed by atoms with Gasteiger partial charge in [-0.2, -0.15) is 0 Å². The first-order valence-corrected chi connectivity index (χ1v) is 10.0. The van der Waals surface area contributed by atoms with Crippen LogP contribution in [0, 0.1) is 0 Å². The molecule has 1 aliphatic carbocycles. The summed E-state index contributed by atoms with van der Waals surface area (Å²) in [7, 11) is 0. The standard InChI is InChI=1S/C23H17Cl2NO4/c24-13-9-10-18(20(25)11-13)21(22(27)28)26-23(29)30-12-19-16-7-3-1-5-14(16)15-6-2-4-8-17(15)19/h1-11,19,21H,12H2,(H,26,29)(H,27,28). The van der Waals surface area contributed by atoms with Crippen LogP contribution in [0.25, 0.3) is 11.1 Å². The Hall–Kier alpha value is -3.02. The molecular weight excluding hydrogens is 425 g/mol. The number of aliphatic carboxylic acids is 1. The summed E-state index contributed by atoms with van der Waals surface area (Å²) >= 11 is 12.0. The van der Waals surface area contributed by atoms with E-state index in [1.165, 1.54) is 18.2 Å². The van der Waals surface area contributed by atoms with Crippen molar-refractivity contribution in [3.63, 3.8) is 0 Å². The molecule has 152 valence electrons. The zero-order valence-corrected chi connectivity index (χ0v) is 17.2. The Morgan fingerprint density at radius 2 is 1.57 bits per heavy atom. The molecule has 4 rings (SSSR count). The summed E-state index contributed by atoms with van der Waals surface area (Å²) in [6.45, 7) is 0.0839. The molecule has 0 bridgehead atoms. The molecule has 0 aliphatic heterocycles. The summed E-state index contributed by atoms with van der Waals surface area (Å²) in [5.41, 5.74) is 4.59. The van der Waals surface area contributed by atoms with Crippen molar-refractivity contribution in [2.24, 2.45) is 0 Å². The predicted octanol–water partition coefficient (Wildman–Crippen LogP) is 5.66. The molecule has 0 saturated carbocycles. The lowest BCUT2D eigenvalue weighted by atomic mass is 9.98. The molecule has 0 fully saturated rings.